The highest BCUT2D eigenvalue weighted by atomic mass is 16.5. The van der Waals surface area contributed by atoms with Crippen LogP contribution < -0.4 is 5.32 Å². The van der Waals surface area contributed by atoms with Gasteiger partial charge in [0, 0.05) is 12.6 Å². The van der Waals surface area contributed by atoms with E-state index in [9.17, 15) is 0 Å². The number of nitrogens with one attached hydrogen (secondary N) is 1. The van der Waals surface area contributed by atoms with Crippen LogP contribution in [-0.2, 0) is 11.2 Å². The molecule has 0 aliphatic carbocycles. The predicted molar refractivity (Wildman–Crippen MR) is 74.7 cm³/mol. The lowest BCUT2D eigenvalue weighted by atomic mass is 9.82. The van der Waals surface area contributed by atoms with Crippen molar-refractivity contribution in [2.45, 2.75) is 53.2 Å². The summed E-state index contributed by atoms with van der Waals surface area (Å²) in [6.45, 7) is 12.6. The molecule has 1 aromatic heterocycles. The van der Waals surface area contributed by atoms with E-state index in [0.717, 1.165) is 19.6 Å². The topological polar surface area (TPSA) is 34.4 Å². The van der Waals surface area contributed by atoms with Crippen molar-refractivity contribution in [3.8, 4) is 0 Å². The predicted octanol–water partition coefficient (Wildman–Crippen LogP) is 3.25. The van der Waals surface area contributed by atoms with Crippen molar-refractivity contribution >= 4 is 0 Å². The van der Waals surface area contributed by atoms with E-state index < -0.39 is 0 Å². The summed E-state index contributed by atoms with van der Waals surface area (Å²) >= 11 is 0. The molecule has 2 unspecified atom stereocenters. The van der Waals surface area contributed by atoms with Gasteiger partial charge in [-0.15, -0.1) is 0 Å². The first-order chi connectivity index (χ1) is 8.49. The number of rotatable bonds is 7. The fraction of sp³-hybridized carbons (Fsp3) is 0.733. The third-order valence-corrected chi connectivity index (χ3v) is 3.07. The Hall–Kier alpha value is -0.800. The van der Waals surface area contributed by atoms with Crippen molar-refractivity contribution in [3.05, 3.63) is 24.2 Å². The van der Waals surface area contributed by atoms with E-state index in [0.29, 0.717) is 6.04 Å². The Morgan fingerprint density at radius 2 is 2.06 bits per heavy atom. The number of hydrogen-bond acceptors (Lipinski definition) is 3. The van der Waals surface area contributed by atoms with Gasteiger partial charge in [-0.3, -0.25) is 0 Å². The van der Waals surface area contributed by atoms with Crippen LogP contribution in [0.3, 0.4) is 0 Å². The second-order valence-electron chi connectivity index (χ2n) is 5.74. The van der Waals surface area contributed by atoms with E-state index in [4.69, 9.17) is 9.15 Å². The highest BCUT2D eigenvalue weighted by Crippen LogP contribution is 2.26. The molecule has 3 nitrogen and oxygen atoms in total. The smallest absolute Gasteiger partial charge is 0.0935 e. The van der Waals surface area contributed by atoms with Gasteiger partial charge in [-0.1, -0.05) is 27.7 Å². The van der Waals surface area contributed by atoms with Crippen LogP contribution in [-0.4, -0.2) is 25.3 Å². The van der Waals surface area contributed by atoms with Crippen LogP contribution in [0.4, 0.5) is 0 Å². The first kappa shape index (κ1) is 15.3. The second-order valence-corrected chi connectivity index (χ2v) is 5.74. The lowest BCUT2D eigenvalue weighted by molar-refractivity contribution is -0.0352. The van der Waals surface area contributed by atoms with Gasteiger partial charge >= 0.3 is 0 Å². The van der Waals surface area contributed by atoms with E-state index in [1.54, 1.807) is 6.26 Å². The average molecular weight is 253 g/mol. The SMILES string of the molecule is CCNC(Cc1ccoc1)C(OCC)C(C)(C)C. The maximum atomic E-state index is 5.98. The number of hydrogen-bond donors (Lipinski definition) is 1. The van der Waals surface area contributed by atoms with E-state index in [1.165, 1.54) is 5.56 Å². The molecule has 0 aromatic carbocycles. The first-order valence-electron chi connectivity index (χ1n) is 6.85. The number of ether oxygens (including phenoxy) is 1. The summed E-state index contributed by atoms with van der Waals surface area (Å²) in [6.07, 6.45) is 4.67. The lowest BCUT2D eigenvalue weighted by Gasteiger charge is -2.37. The highest BCUT2D eigenvalue weighted by molar-refractivity contribution is 5.09. The normalized spacial score (nSPS) is 15.6. The largest absolute Gasteiger partial charge is 0.472 e. The maximum Gasteiger partial charge on any atom is 0.0935 e. The average Bonchev–Trinajstić information content (AvgIpc) is 2.76. The molecule has 1 N–H and O–H groups in total. The third kappa shape index (κ3) is 4.46. The summed E-state index contributed by atoms with van der Waals surface area (Å²) in [4.78, 5) is 0. The summed E-state index contributed by atoms with van der Waals surface area (Å²) in [5, 5.41) is 3.55. The van der Waals surface area contributed by atoms with Gasteiger partial charge in [0.2, 0.25) is 0 Å². The van der Waals surface area contributed by atoms with E-state index in [-0.39, 0.29) is 11.5 Å². The van der Waals surface area contributed by atoms with Crippen molar-refractivity contribution in [2.75, 3.05) is 13.2 Å². The van der Waals surface area contributed by atoms with Crippen LogP contribution in [0.5, 0.6) is 0 Å². The minimum atomic E-state index is 0.118. The summed E-state index contributed by atoms with van der Waals surface area (Å²) < 4.78 is 11.1. The summed E-state index contributed by atoms with van der Waals surface area (Å²) in [5.74, 6) is 0. The Bertz CT molecular complexity index is 314. The molecular weight excluding hydrogens is 226 g/mol. The molecule has 2 atom stereocenters. The molecule has 0 amide bonds. The van der Waals surface area contributed by atoms with Gasteiger partial charge in [0.25, 0.3) is 0 Å². The molecule has 0 spiro atoms. The molecule has 1 rings (SSSR count). The molecule has 0 aliphatic rings. The fourth-order valence-electron chi connectivity index (χ4n) is 2.36. The van der Waals surface area contributed by atoms with Crippen molar-refractivity contribution in [3.63, 3.8) is 0 Å². The Kier molecular flexibility index (Phi) is 5.89. The molecule has 1 heterocycles. The molecular formula is C15H27NO2. The van der Waals surface area contributed by atoms with Gasteiger partial charge in [0.15, 0.2) is 0 Å². The van der Waals surface area contributed by atoms with E-state index in [2.05, 4.69) is 39.9 Å². The maximum absolute atomic E-state index is 5.98. The molecule has 18 heavy (non-hydrogen) atoms. The van der Waals surface area contributed by atoms with Crippen molar-refractivity contribution in [2.24, 2.45) is 5.41 Å². The molecule has 0 bridgehead atoms. The summed E-state index contributed by atoms with van der Waals surface area (Å²) in [5.41, 5.74) is 1.34. The zero-order valence-electron chi connectivity index (χ0n) is 12.3. The molecule has 0 saturated heterocycles. The lowest BCUT2D eigenvalue weighted by Crippen LogP contribution is -2.49. The highest BCUT2D eigenvalue weighted by Gasteiger charge is 2.32. The molecule has 1 aromatic rings. The van der Waals surface area contributed by atoms with Crippen LogP contribution in [0.15, 0.2) is 23.0 Å². The fourth-order valence-corrected chi connectivity index (χ4v) is 2.36. The van der Waals surface area contributed by atoms with Gasteiger partial charge in [0.1, 0.15) is 0 Å². The monoisotopic (exact) mass is 253 g/mol. The molecule has 3 heteroatoms. The van der Waals surface area contributed by atoms with Crippen LogP contribution in [0.25, 0.3) is 0 Å². The Morgan fingerprint density at radius 1 is 1.33 bits per heavy atom. The van der Waals surface area contributed by atoms with Gasteiger partial charge in [0.05, 0.1) is 18.6 Å². The van der Waals surface area contributed by atoms with Gasteiger partial charge in [-0.05, 0) is 36.9 Å². The van der Waals surface area contributed by atoms with Crippen LogP contribution in [0, 0.1) is 5.41 Å². The van der Waals surface area contributed by atoms with Crippen molar-refractivity contribution < 1.29 is 9.15 Å². The standard InChI is InChI=1S/C15H27NO2/c1-6-16-13(10-12-8-9-17-11-12)14(18-7-2)15(3,4)5/h8-9,11,13-14,16H,6-7,10H2,1-5H3. The van der Waals surface area contributed by atoms with Crippen molar-refractivity contribution in [1.29, 1.82) is 0 Å². The van der Waals surface area contributed by atoms with Gasteiger partial charge < -0.3 is 14.5 Å². The Balaban J connectivity index is 2.79. The molecule has 0 fully saturated rings. The minimum Gasteiger partial charge on any atom is -0.472 e. The van der Waals surface area contributed by atoms with Gasteiger partial charge in [-0.2, -0.15) is 0 Å². The first-order valence-corrected chi connectivity index (χ1v) is 6.85. The van der Waals surface area contributed by atoms with Crippen LogP contribution >= 0.6 is 0 Å². The Morgan fingerprint density at radius 3 is 2.50 bits per heavy atom. The zero-order valence-corrected chi connectivity index (χ0v) is 12.3. The summed E-state index contributed by atoms with van der Waals surface area (Å²) in [7, 11) is 0. The third-order valence-electron chi connectivity index (χ3n) is 3.07. The molecule has 0 saturated carbocycles. The molecule has 0 radical (unpaired) electrons. The van der Waals surface area contributed by atoms with Crippen LogP contribution in [0.2, 0.25) is 0 Å². The van der Waals surface area contributed by atoms with Gasteiger partial charge in [-0.25, -0.2) is 0 Å². The summed E-state index contributed by atoms with van der Waals surface area (Å²) in [6, 6.07) is 2.34. The zero-order chi connectivity index (χ0) is 13.6. The molecule has 104 valence electrons. The number of furan rings is 1. The number of likely N-dealkylation sites (N-methyl/N-ethyl adjacent to an activating group) is 1. The van der Waals surface area contributed by atoms with E-state index >= 15 is 0 Å². The van der Waals surface area contributed by atoms with Crippen molar-refractivity contribution in [1.82, 2.24) is 5.32 Å². The quantitative estimate of drug-likeness (QED) is 0.810. The van der Waals surface area contributed by atoms with Crippen LogP contribution in [0.1, 0.15) is 40.2 Å². The second kappa shape index (κ2) is 6.95. The van der Waals surface area contributed by atoms with E-state index in [1.807, 2.05) is 12.3 Å². The minimum absolute atomic E-state index is 0.118. The molecule has 0 aliphatic heterocycles. The Labute approximate surface area is 111 Å².